The largest absolute Gasteiger partial charge is 0.441 e. The number of halogens is 2. The lowest BCUT2D eigenvalue weighted by atomic mass is 10.2. The number of nitrogens with one attached hydrogen (secondary N) is 1. The quantitative estimate of drug-likeness (QED) is 0.782. The summed E-state index contributed by atoms with van der Waals surface area (Å²) >= 11 is 0. The molecule has 21 heavy (non-hydrogen) atoms. The maximum Gasteiger partial charge on any atom is 0.255 e. The summed E-state index contributed by atoms with van der Waals surface area (Å²) in [5, 5.41) is 2.60. The van der Waals surface area contributed by atoms with Crippen LogP contribution in [0.2, 0.25) is 0 Å². The van der Waals surface area contributed by atoms with Crippen LogP contribution in [-0.2, 0) is 0 Å². The van der Waals surface area contributed by atoms with Gasteiger partial charge in [-0.1, -0.05) is 0 Å². The highest BCUT2D eigenvalue weighted by Gasteiger charge is 2.11. The van der Waals surface area contributed by atoms with E-state index >= 15 is 0 Å². The molecule has 0 unspecified atom stereocenters. The molecule has 0 bridgehead atoms. The zero-order valence-electron chi connectivity index (χ0n) is 11.0. The number of benzene rings is 2. The first-order chi connectivity index (χ1) is 10.0. The van der Waals surface area contributed by atoms with E-state index in [1.165, 1.54) is 6.07 Å². The molecule has 0 aliphatic rings. The molecule has 0 fully saturated rings. The number of nitrogens with zero attached hydrogens (tertiary/aromatic N) is 1. The van der Waals surface area contributed by atoms with Gasteiger partial charge in [0.15, 0.2) is 23.1 Å². The van der Waals surface area contributed by atoms with Crippen LogP contribution in [0.4, 0.5) is 14.5 Å². The van der Waals surface area contributed by atoms with Gasteiger partial charge in [0.05, 0.1) is 0 Å². The molecule has 0 saturated carbocycles. The van der Waals surface area contributed by atoms with Crippen LogP contribution in [0.5, 0.6) is 0 Å². The van der Waals surface area contributed by atoms with Crippen molar-refractivity contribution in [3.63, 3.8) is 0 Å². The van der Waals surface area contributed by atoms with Crippen molar-refractivity contribution in [2.75, 3.05) is 5.32 Å². The van der Waals surface area contributed by atoms with Crippen molar-refractivity contribution in [2.24, 2.45) is 0 Å². The van der Waals surface area contributed by atoms with Crippen LogP contribution < -0.4 is 5.32 Å². The number of aryl methyl sites for hydroxylation is 1. The zero-order valence-corrected chi connectivity index (χ0v) is 11.0. The highest BCUT2D eigenvalue weighted by atomic mass is 19.2. The topological polar surface area (TPSA) is 55.1 Å². The minimum absolute atomic E-state index is 0.0327. The van der Waals surface area contributed by atoms with Crippen molar-refractivity contribution in [3.8, 4) is 0 Å². The van der Waals surface area contributed by atoms with Crippen LogP contribution in [0.15, 0.2) is 40.8 Å². The van der Waals surface area contributed by atoms with E-state index in [9.17, 15) is 13.6 Å². The fourth-order valence-electron chi connectivity index (χ4n) is 1.96. The average Bonchev–Trinajstić information content (AvgIpc) is 2.81. The number of hydrogen-bond donors (Lipinski definition) is 1. The Kier molecular flexibility index (Phi) is 3.13. The standard InChI is InChI=1S/C15H10F2N2O2/c1-8-18-13-7-10(3-5-14(13)21-8)19-15(20)9-2-4-11(16)12(17)6-9/h2-7H,1H3,(H,19,20). The van der Waals surface area contributed by atoms with Crippen molar-refractivity contribution in [2.45, 2.75) is 6.92 Å². The van der Waals surface area contributed by atoms with Crippen molar-refractivity contribution in [1.82, 2.24) is 4.98 Å². The van der Waals surface area contributed by atoms with Gasteiger partial charge in [0.2, 0.25) is 0 Å². The van der Waals surface area contributed by atoms with Crippen LogP contribution in [0, 0.1) is 18.6 Å². The number of rotatable bonds is 2. The Bertz CT molecular complexity index is 843. The predicted octanol–water partition coefficient (Wildman–Crippen LogP) is 3.67. The molecule has 3 aromatic rings. The number of carbonyl (C=O) groups excluding carboxylic acids is 1. The minimum atomic E-state index is -1.06. The summed E-state index contributed by atoms with van der Waals surface area (Å²) in [5.74, 6) is -2.07. The van der Waals surface area contributed by atoms with Gasteiger partial charge in [-0.2, -0.15) is 0 Å². The fourth-order valence-corrected chi connectivity index (χ4v) is 1.96. The lowest BCUT2D eigenvalue weighted by Crippen LogP contribution is -2.12. The van der Waals surface area contributed by atoms with Gasteiger partial charge in [-0.15, -0.1) is 0 Å². The maximum absolute atomic E-state index is 13.1. The number of hydrogen-bond acceptors (Lipinski definition) is 3. The van der Waals surface area contributed by atoms with Gasteiger partial charge in [0, 0.05) is 18.2 Å². The lowest BCUT2D eigenvalue weighted by Gasteiger charge is -2.05. The molecule has 1 N–H and O–H groups in total. The molecule has 1 amide bonds. The molecule has 2 aromatic carbocycles. The fraction of sp³-hybridized carbons (Fsp3) is 0.0667. The molecular weight excluding hydrogens is 278 g/mol. The van der Waals surface area contributed by atoms with Crippen molar-refractivity contribution >= 4 is 22.7 Å². The van der Waals surface area contributed by atoms with Gasteiger partial charge in [-0.3, -0.25) is 4.79 Å². The smallest absolute Gasteiger partial charge is 0.255 e. The Morgan fingerprint density at radius 2 is 1.95 bits per heavy atom. The van der Waals surface area contributed by atoms with E-state index in [1.807, 2.05) is 0 Å². The van der Waals surface area contributed by atoms with E-state index in [0.29, 0.717) is 22.7 Å². The summed E-state index contributed by atoms with van der Waals surface area (Å²) in [7, 11) is 0. The lowest BCUT2D eigenvalue weighted by molar-refractivity contribution is 0.102. The average molecular weight is 288 g/mol. The van der Waals surface area contributed by atoms with E-state index in [4.69, 9.17) is 4.42 Å². The molecule has 0 saturated heterocycles. The molecule has 106 valence electrons. The molecule has 0 aliphatic heterocycles. The summed E-state index contributed by atoms with van der Waals surface area (Å²) in [6, 6.07) is 7.94. The Balaban J connectivity index is 1.86. The first-order valence-corrected chi connectivity index (χ1v) is 6.16. The van der Waals surface area contributed by atoms with E-state index in [-0.39, 0.29) is 5.56 Å². The van der Waals surface area contributed by atoms with E-state index in [2.05, 4.69) is 10.3 Å². The second-order valence-corrected chi connectivity index (χ2v) is 4.50. The van der Waals surface area contributed by atoms with Crippen LogP contribution in [0.3, 0.4) is 0 Å². The number of aromatic nitrogens is 1. The second kappa shape index (κ2) is 4.97. The van der Waals surface area contributed by atoms with Crippen LogP contribution in [0.25, 0.3) is 11.1 Å². The summed E-state index contributed by atoms with van der Waals surface area (Å²) in [6.45, 7) is 1.72. The van der Waals surface area contributed by atoms with Crippen LogP contribution >= 0.6 is 0 Å². The van der Waals surface area contributed by atoms with Gasteiger partial charge in [0.1, 0.15) is 5.52 Å². The number of amides is 1. The van der Waals surface area contributed by atoms with Gasteiger partial charge in [0.25, 0.3) is 5.91 Å². The molecule has 1 aromatic heterocycles. The Labute approximate surface area is 118 Å². The summed E-state index contributed by atoms with van der Waals surface area (Å²) in [4.78, 5) is 16.1. The van der Waals surface area contributed by atoms with Gasteiger partial charge in [-0.05, 0) is 36.4 Å². The molecular formula is C15H10F2N2O2. The molecule has 0 aliphatic carbocycles. The second-order valence-electron chi connectivity index (χ2n) is 4.50. The monoisotopic (exact) mass is 288 g/mol. The Morgan fingerprint density at radius 3 is 2.71 bits per heavy atom. The van der Waals surface area contributed by atoms with Gasteiger partial charge in [-0.25, -0.2) is 13.8 Å². The number of fused-ring (bicyclic) bond motifs is 1. The molecule has 6 heteroatoms. The molecule has 4 nitrogen and oxygen atoms in total. The summed E-state index contributed by atoms with van der Waals surface area (Å²) in [5.41, 5.74) is 1.74. The van der Waals surface area contributed by atoms with Crippen molar-refractivity contribution in [3.05, 3.63) is 59.5 Å². The third kappa shape index (κ3) is 2.60. The number of oxazole rings is 1. The highest BCUT2D eigenvalue weighted by Crippen LogP contribution is 2.20. The third-order valence-corrected chi connectivity index (χ3v) is 2.93. The number of anilines is 1. The predicted molar refractivity (Wildman–Crippen MR) is 73.1 cm³/mol. The van der Waals surface area contributed by atoms with Crippen molar-refractivity contribution < 1.29 is 18.0 Å². The molecule has 0 spiro atoms. The molecule has 0 radical (unpaired) electrons. The van der Waals surface area contributed by atoms with Crippen LogP contribution in [0.1, 0.15) is 16.2 Å². The van der Waals surface area contributed by atoms with Crippen LogP contribution in [-0.4, -0.2) is 10.9 Å². The normalized spacial score (nSPS) is 10.8. The minimum Gasteiger partial charge on any atom is -0.441 e. The molecule has 1 heterocycles. The maximum atomic E-state index is 13.1. The van der Waals surface area contributed by atoms with E-state index in [0.717, 1.165) is 12.1 Å². The molecule has 0 atom stereocenters. The highest BCUT2D eigenvalue weighted by molar-refractivity contribution is 6.04. The van der Waals surface area contributed by atoms with E-state index < -0.39 is 17.5 Å². The van der Waals surface area contributed by atoms with Crippen molar-refractivity contribution in [1.29, 1.82) is 0 Å². The van der Waals surface area contributed by atoms with Gasteiger partial charge < -0.3 is 9.73 Å². The van der Waals surface area contributed by atoms with E-state index in [1.54, 1.807) is 25.1 Å². The third-order valence-electron chi connectivity index (χ3n) is 2.93. The number of carbonyl (C=O) groups is 1. The molecule has 3 rings (SSSR count). The summed E-state index contributed by atoms with van der Waals surface area (Å²) in [6.07, 6.45) is 0. The zero-order chi connectivity index (χ0) is 15.0. The first kappa shape index (κ1) is 13.2. The Hall–Kier alpha value is -2.76. The SMILES string of the molecule is Cc1nc2cc(NC(=O)c3ccc(F)c(F)c3)ccc2o1. The van der Waals surface area contributed by atoms with Gasteiger partial charge >= 0.3 is 0 Å². The first-order valence-electron chi connectivity index (χ1n) is 6.16. The summed E-state index contributed by atoms with van der Waals surface area (Å²) < 4.78 is 31.3. The Morgan fingerprint density at radius 1 is 1.14 bits per heavy atom.